The van der Waals surface area contributed by atoms with Crippen molar-refractivity contribution in [2.75, 3.05) is 7.11 Å². The molecule has 0 amide bonds. The van der Waals surface area contributed by atoms with Gasteiger partial charge in [0.25, 0.3) is 0 Å². The van der Waals surface area contributed by atoms with Crippen LogP contribution in [0.5, 0.6) is 0 Å². The van der Waals surface area contributed by atoms with Gasteiger partial charge in [-0.05, 0) is 18.8 Å². The number of carboxylic acid groups (broad SMARTS) is 1. The van der Waals surface area contributed by atoms with Gasteiger partial charge in [0.2, 0.25) is 0 Å². The summed E-state index contributed by atoms with van der Waals surface area (Å²) in [7, 11) is 1.00. The molecule has 3 heteroatoms. The quantitative estimate of drug-likeness (QED) is 0.759. The van der Waals surface area contributed by atoms with Gasteiger partial charge < -0.3 is 10.2 Å². The van der Waals surface area contributed by atoms with Gasteiger partial charge in [-0.2, -0.15) is 0 Å². The lowest BCUT2D eigenvalue weighted by molar-refractivity contribution is -0.142. The molecule has 1 saturated carbocycles. The summed E-state index contributed by atoms with van der Waals surface area (Å²) in [6.45, 7) is 1.97. The molecular weight excluding hydrogens is 192 g/mol. The van der Waals surface area contributed by atoms with Crippen LogP contribution in [0.4, 0.5) is 0 Å². The van der Waals surface area contributed by atoms with Crippen molar-refractivity contribution in [2.24, 2.45) is 11.8 Å². The zero-order valence-corrected chi connectivity index (χ0v) is 9.91. The third kappa shape index (κ3) is 5.78. The third-order valence-corrected chi connectivity index (χ3v) is 3.18. The van der Waals surface area contributed by atoms with Gasteiger partial charge in [-0.25, -0.2) is 0 Å². The van der Waals surface area contributed by atoms with Crippen LogP contribution >= 0.6 is 0 Å². The fraction of sp³-hybridized carbons (Fsp3) is 0.917. The number of carboxylic acids is 1. The molecule has 15 heavy (non-hydrogen) atoms. The van der Waals surface area contributed by atoms with E-state index in [0.29, 0.717) is 5.92 Å². The van der Waals surface area contributed by atoms with E-state index < -0.39 is 5.97 Å². The van der Waals surface area contributed by atoms with E-state index in [1.165, 1.54) is 32.1 Å². The van der Waals surface area contributed by atoms with Crippen molar-refractivity contribution in [2.45, 2.75) is 51.9 Å². The molecule has 1 aliphatic rings. The number of aliphatic carboxylic acids is 1. The highest BCUT2D eigenvalue weighted by atomic mass is 16.4. The van der Waals surface area contributed by atoms with Crippen LogP contribution in [0.1, 0.15) is 51.9 Å². The average Bonchev–Trinajstić information content (AvgIpc) is 2.29. The SMILES string of the molecule is CC[C@H](CC1CCCCC1)C(=O)O.CO. The molecule has 0 heterocycles. The molecule has 2 N–H and O–H groups in total. The van der Waals surface area contributed by atoms with Crippen molar-refractivity contribution in [3.63, 3.8) is 0 Å². The van der Waals surface area contributed by atoms with Gasteiger partial charge in [0.05, 0.1) is 5.92 Å². The van der Waals surface area contributed by atoms with Crippen LogP contribution in [0, 0.1) is 11.8 Å². The van der Waals surface area contributed by atoms with Gasteiger partial charge in [-0.15, -0.1) is 0 Å². The second-order valence-corrected chi connectivity index (χ2v) is 4.18. The Morgan fingerprint density at radius 3 is 2.20 bits per heavy atom. The molecule has 0 aromatic rings. The minimum atomic E-state index is -0.604. The fourth-order valence-corrected chi connectivity index (χ4v) is 2.27. The number of hydrogen-bond donors (Lipinski definition) is 2. The Morgan fingerprint density at radius 1 is 1.27 bits per heavy atom. The summed E-state index contributed by atoms with van der Waals surface area (Å²) in [6.07, 6.45) is 8.16. The Hall–Kier alpha value is -0.570. The van der Waals surface area contributed by atoms with Crippen molar-refractivity contribution in [1.29, 1.82) is 0 Å². The summed E-state index contributed by atoms with van der Waals surface area (Å²) in [5, 5.41) is 15.9. The Balaban J connectivity index is 0.000000921. The van der Waals surface area contributed by atoms with Crippen LogP contribution in [0.3, 0.4) is 0 Å². The predicted molar refractivity (Wildman–Crippen MR) is 60.8 cm³/mol. The summed E-state index contributed by atoms with van der Waals surface area (Å²) in [4.78, 5) is 10.8. The second-order valence-electron chi connectivity index (χ2n) is 4.18. The van der Waals surface area contributed by atoms with E-state index in [9.17, 15) is 4.79 Å². The number of aliphatic hydroxyl groups excluding tert-OH is 1. The lowest BCUT2D eigenvalue weighted by Crippen LogP contribution is -2.18. The van der Waals surface area contributed by atoms with Crippen LogP contribution in [-0.4, -0.2) is 23.3 Å². The first-order chi connectivity index (χ1) is 7.24. The molecular formula is C12H24O3. The standard InChI is InChI=1S/C11H20O2.CH4O/c1-2-10(11(12)13)8-9-6-4-3-5-7-9;1-2/h9-10H,2-8H2,1H3,(H,12,13);2H,1H3/t10-;/m1./s1. The highest BCUT2D eigenvalue weighted by Gasteiger charge is 2.22. The summed E-state index contributed by atoms with van der Waals surface area (Å²) in [6, 6.07) is 0. The summed E-state index contributed by atoms with van der Waals surface area (Å²) < 4.78 is 0. The molecule has 0 bridgehead atoms. The van der Waals surface area contributed by atoms with Gasteiger partial charge >= 0.3 is 5.97 Å². The Morgan fingerprint density at radius 2 is 1.80 bits per heavy atom. The summed E-state index contributed by atoms with van der Waals surface area (Å²) >= 11 is 0. The van der Waals surface area contributed by atoms with Crippen LogP contribution in [-0.2, 0) is 4.79 Å². The lowest BCUT2D eigenvalue weighted by Gasteiger charge is -2.23. The first kappa shape index (κ1) is 14.4. The maximum Gasteiger partial charge on any atom is 0.306 e. The van der Waals surface area contributed by atoms with Crippen molar-refractivity contribution < 1.29 is 15.0 Å². The van der Waals surface area contributed by atoms with E-state index in [0.717, 1.165) is 20.0 Å². The smallest absolute Gasteiger partial charge is 0.306 e. The van der Waals surface area contributed by atoms with E-state index in [4.69, 9.17) is 10.2 Å². The maximum absolute atomic E-state index is 10.8. The zero-order valence-electron chi connectivity index (χ0n) is 9.91. The maximum atomic E-state index is 10.8. The lowest BCUT2D eigenvalue weighted by atomic mass is 9.82. The Kier molecular flexibility index (Phi) is 8.38. The predicted octanol–water partition coefficient (Wildman–Crippen LogP) is 2.68. The minimum absolute atomic E-state index is 0.0944. The van der Waals surface area contributed by atoms with Crippen molar-refractivity contribution in [1.82, 2.24) is 0 Å². The molecule has 1 aliphatic carbocycles. The fourth-order valence-electron chi connectivity index (χ4n) is 2.27. The van der Waals surface area contributed by atoms with E-state index >= 15 is 0 Å². The van der Waals surface area contributed by atoms with Gasteiger partial charge in [0, 0.05) is 7.11 Å². The van der Waals surface area contributed by atoms with Crippen LogP contribution in [0.25, 0.3) is 0 Å². The Labute approximate surface area is 92.5 Å². The van der Waals surface area contributed by atoms with E-state index in [-0.39, 0.29) is 5.92 Å². The Bertz CT molecular complexity index is 162. The molecule has 1 rings (SSSR count). The van der Waals surface area contributed by atoms with Crippen molar-refractivity contribution in [3.05, 3.63) is 0 Å². The molecule has 3 nitrogen and oxygen atoms in total. The average molecular weight is 216 g/mol. The van der Waals surface area contributed by atoms with E-state index in [1.54, 1.807) is 0 Å². The molecule has 0 aliphatic heterocycles. The normalized spacial score (nSPS) is 18.9. The van der Waals surface area contributed by atoms with E-state index in [1.807, 2.05) is 6.92 Å². The van der Waals surface area contributed by atoms with Crippen LogP contribution < -0.4 is 0 Å². The van der Waals surface area contributed by atoms with Gasteiger partial charge in [-0.1, -0.05) is 39.0 Å². The molecule has 1 fully saturated rings. The molecule has 0 aromatic carbocycles. The summed E-state index contributed by atoms with van der Waals surface area (Å²) in [5.74, 6) is -0.00836. The molecule has 0 radical (unpaired) electrons. The molecule has 0 unspecified atom stereocenters. The number of aliphatic hydroxyl groups is 1. The highest BCUT2D eigenvalue weighted by Crippen LogP contribution is 2.29. The van der Waals surface area contributed by atoms with E-state index in [2.05, 4.69) is 0 Å². The van der Waals surface area contributed by atoms with Crippen LogP contribution in [0.2, 0.25) is 0 Å². The number of rotatable bonds is 4. The number of hydrogen-bond acceptors (Lipinski definition) is 2. The topological polar surface area (TPSA) is 57.5 Å². The highest BCUT2D eigenvalue weighted by molar-refractivity contribution is 5.69. The molecule has 1 atom stereocenters. The minimum Gasteiger partial charge on any atom is -0.481 e. The monoisotopic (exact) mass is 216 g/mol. The van der Waals surface area contributed by atoms with Crippen molar-refractivity contribution >= 4 is 5.97 Å². The molecule has 0 aromatic heterocycles. The number of carbonyl (C=O) groups is 1. The van der Waals surface area contributed by atoms with Gasteiger partial charge in [-0.3, -0.25) is 4.79 Å². The van der Waals surface area contributed by atoms with Gasteiger partial charge in [0.15, 0.2) is 0 Å². The molecule has 0 saturated heterocycles. The van der Waals surface area contributed by atoms with Gasteiger partial charge in [0.1, 0.15) is 0 Å². The molecule has 90 valence electrons. The largest absolute Gasteiger partial charge is 0.481 e. The summed E-state index contributed by atoms with van der Waals surface area (Å²) in [5.41, 5.74) is 0. The second kappa shape index (κ2) is 8.72. The van der Waals surface area contributed by atoms with Crippen LogP contribution in [0.15, 0.2) is 0 Å². The first-order valence-corrected chi connectivity index (χ1v) is 5.91. The molecule has 0 spiro atoms. The zero-order chi connectivity index (χ0) is 11.7. The third-order valence-electron chi connectivity index (χ3n) is 3.18. The first-order valence-electron chi connectivity index (χ1n) is 5.91. The van der Waals surface area contributed by atoms with Crippen molar-refractivity contribution in [3.8, 4) is 0 Å².